The molecule has 1 N–H and O–H groups in total. The quantitative estimate of drug-likeness (QED) is 0.270. The smallest absolute Gasteiger partial charge is 0.280 e. The zero-order valence-electron chi connectivity index (χ0n) is 21.0. The highest BCUT2D eigenvalue weighted by Crippen LogP contribution is 2.31. The molecule has 2 heterocycles. The Bertz CT molecular complexity index is 1570. The van der Waals surface area contributed by atoms with Crippen LogP contribution in [-0.4, -0.2) is 26.7 Å². The first-order valence-corrected chi connectivity index (χ1v) is 12.8. The van der Waals surface area contributed by atoms with E-state index >= 15 is 0 Å². The van der Waals surface area contributed by atoms with Gasteiger partial charge in [0, 0.05) is 16.5 Å². The SMILES string of the molecule is Cc1ccc(C(Oc2ccc3c(cnn3-c3ccc(F)cc3)c2)C(C)NC(=O)c2ncc(C)s2)c(C)c1. The summed E-state index contributed by atoms with van der Waals surface area (Å²) in [6.45, 7) is 7.96. The first kappa shape index (κ1) is 24.6. The van der Waals surface area contributed by atoms with Crippen molar-refractivity contribution in [2.45, 2.75) is 39.8 Å². The molecule has 2 unspecified atom stereocenters. The fraction of sp³-hybridized carbons (Fsp3) is 0.207. The Kier molecular flexibility index (Phi) is 6.76. The molecule has 188 valence electrons. The first-order valence-electron chi connectivity index (χ1n) is 12.0. The minimum Gasteiger partial charge on any atom is -0.484 e. The molecule has 2 atom stereocenters. The van der Waals surface area contributed by atoms with Gasteiger partial charge in [0.1, 0.15) is 17.7 Å². The molecule has 0 saturated heterocycles. The molecule has 0 saturated carbocycles. The normalized spacial score (nSPS) is 12.9. The summed E-state index contributed by atoms with van der Waals surface area (Å²) in [6.07, 6.45) is 3.02. The number of amides is 1. The van der Waals surface area contributed by atoms with Gasteiger partial charge in [0.15, 0.2) is 5.01 Å². The lowest BCUT2D eigenvalue weighted by atomic mass is 9.96. The van der Waals surface area contributed by atoms with E-state index in [1.54, 1.807) is 29.2 Å². The van der Waals surface area contributed by atoms with Crippen LogP contribution in [-0.2, 0) is 0 Å². The number of carbonyl (C=O) groups excluding carboxylic acids is 1. The second-order valence-corrected chi connectivity index (χ2v) is 10.4. The highest BCUT2D eigenvalue weighted by molar-refractivity contribution is 7.13. The average Bonchev–Trinajstić information content (AvgIpc) is 3.49. The van der Waals surface area contributed by atoms with Crippen molar-refractivity contribution in [3.05, 3.63) is 105 Å². The number of aryl methyl sites for hydroxylation is 3. The van der Waals surface area contributed by atoms with Crippen LogP contribution in [0.5, 0.6) is 5.75 Å². The minimum absolute atomic E-state index is 0.222. The van der Waals surface area contributed by atoms with Crippen LogP contribution in [0.2, 0.25) is 0 Å². The number of rotatable bonds is 7. The van der Waals surface area contributed by atoms with Gasteiger partial charge in [0.2, 0.25) is 0 Å². The number of halogens is 1. The molecule has 0 radical (unpaired) electrons. The molecule has 0 spiro atoms. The maximum Gasteiger partial charge on any atom is 0.280 e. The number of nitrogens with one attached hydrogen (secondary N) is 1. The summed E-state index contributed by atoms with van der Waals surface area (Å²) in [5.74, 6) is 0.141. The summed E-state index contributed by atoms with van der Waals surface area (Å²) < 4.78 is 21.7. The maximum atomic E-state index is 13.4. The number of hydrogen-bond donors (Lipinski definition) is 1. The van der Waals surface area contributed by atoms with E-state index in [4.69, 9.17) is 4.74 Å². The third-order valence-corrected chi connectivity index (χ3v) is 7.15. The van der Waals surface area contributed by atoms with Crippen LogP contribution in [0.15, 0.2) is 73.1 Å². The highest BCUT2D eigenvalue weighted by atomic mass is 32.1. The number of thiazole rings is 1. The van der Waals surface area contributed by atoms with E-state index in [1.807, 2.05) is 45.0 Å². The average molecular weight is 515 g/mol. The van der Waals surface area contributed by atoms with Crippen molar-refractivity contribution in [3.63, 3.8) is 0 Å². The predicted molar refractivity (Wildman–Crippen MR) is 144 cm³/mol. The maximum absolute atomic E-state index is 13.4. The molecule has 37 heavy (non-hydrogen) atoms. The van der Waals surface area contributed by atoms with Gasteiger partial charge in [-0.2, -0.15) is 5.10 Å². The standard InChI is InChI=1S/C29H27FN4O2S/c1-17-5-11-25(18(2)13-17)27(20(4)33-28(35)29-31-15-19(3)37-29)36-24-10-12-26-21(14-24)16-32-34(26)23-8-6-22(30)7-9-23/h5-16,20,27H,1-4H3,(H,33,35). The number of hydrogen-bond acceptors (Lipinski definition) is 5. The van der Waals surface area contributed by atoms with E-state index in [0.29, 0.717) is 10.8 Å². The topological polar surface area (TPSA) is 69.0 Å². The molecule has 0 bridgehead atoms. The second-order valence-electron chi connectivity index (χ2n) is 9.19. The molecule has 0 aliphatic heterocycles. The van der Waals surface area contributed by atoms with Crippen LogP contribution in [0.1, 0.15) is 44.4 Å². The molecule has 2 aromatic heterocycles. The molecule has 5 rings (SSSR count). The molecule has 8 heteroatoms. The fourth-order valence-corrected chi connectivity index (χ4v) is 5.07. The van der Waals surface area contributed by atoms with Crippen LogP contribution in [0.3, 0.4) is 0 Å². The van der Waals surface area contributed by atoms with Crippen molar-refractivity contribution < 1.29 is 13.9 Å². The number of benzene rings is 3. The molecule has 0 aliphatic carbocycles. The van der Waals surface area contributed by atoms with Crippen molar-refractivity contribution in [1.29, 1.82) is 0 Å². The van der Waals surface area contributed by atoms with E-state index < -0.39 is 6.10 Å². The van der Waals surface area contributed by atoms with Gasteiger partial charge in [-0.05, 0) is 81.3 Å². The molecule has 3 aromatic carbocycles. The lowest BCUT2D eigenvalue weighted by molar-refractivity contribution is 0.0881. The molecule has 1 amide bonds. The van der Waals surface area contributed by atoms with Gasteiger partial charge in [-0.3, -0.25) is 4.79 Å². The number of carbonyl (C=O) groups is 1. The van der Waals surface area contributed by atoms with Crippen molar-refractivity contribution in [1.82, 2.24) is 20.1 Å². The van der Waals surface area contributed by atoms with Crippen LogP contribution in [0, 0.1) is 26.6 Å². The fourth-order valence-electron chi connectivity index (χ4n) is 4.40. The summed E-state index contributed by atoms with van der Waals surface area (Å²) in [4.78, 5) is 18.1. The lowest BCUT2D eigenvalue weighted by Gasteiger charge is -2.28. The van der Waals surface area contributed by atoms with Gasteiger partial charge in [-0.1, -0.05) is 23.8 Å². The summed E-state index contributed by atoms with van der Waals surface area (Å²) in [5.41, 5.74) is 4.89. The largest absolute Gasteiger partial charge is 0.484 e. The Hall–Kier alpha value is -4.04. The van der Waals surface area contributed by atoms with Gasteiger partial charge in [-0.25, -0.2) is 14.1 Å². The Labute approximate surface area is 218 Å². The summed E-state index contributed by atoms with van der Waals surface area (Å²) in [5, 5.41) is 8.87. The predicted octanol–water partition coefficient (Wildman–Crippen LogP) is 6.48. The van der Waals surface area contributed by atoms with Gasteiger partial charge in [-0.15, -0.1) is 11.3 Å². The molecule has 0 fully saturated rings. The molecular weight excluding hydrogens is 487 g/mol. The lowest BCUT2D eigenvalue weighted by Crippen LogP contribution is -2.39. The molecule has 6 nitrogen and oxygen atoms in total. The van der Waals surface area contributed by atoms with Crippen molar-refractivity contribution in [3.8, 4) is 11.4 Å². The third-order valence-electron chi connectivity index (χ3n) is 6.23. The Morgan fingerprint density at radius 3 is 2.51 bits per heavy atom. The Morgan fingerprint density at radius 2 is 1.81 bits per heavy atom. The summed E-state index contributed by atoms with van der Waals surface area (Å²) in [6, 6.07) is 17.8. The van der Waals surface area contributed by atoms with Gasteiger partial charge in [0.05, 0.1) is 23.4 Å². The Balaban J connectivity index is 1.45. The number of aromatic nitrogens is 3. The first-order chi connectivity index (χ1) is 17.8. The van der Waals surface area contributed by atoms with Gasteiger partial charge >= 0.3 is 0 Å². The van der Waals surface area contributed by atoms with Crippen molar-refractivity contribution in [2.24, 2.45) is 0 Å². The van der Waals surface area contributed by atoms with E-state index in [2.05, 4.69) is 34.5 Å². The molecular formula is C29H27FN4O2S. The van der Waals surface area contributed by atoms with Crippen molar-refractivity contribution in [2.75, 3.05) is 0 Å². The van der Waals surface area contributed by atoms with Gasteiger partial charge in [0.25, 0.3) is 5.91 Å². The highest BCUT2D eigenvalue weighted by Gasteiger charge is 2.26. The zero-order chi connectivity index (χ0) is 26.1. The monoisotopic (exact) mass is 514 g/mol. The minimum atomic E-state index is -0.435. The van der Waals surface area contributed by atoms with Crippen LogP contribution in [0.4, 0.5) is 4.39 Å². The summed E-state index contributed by atoms with van der Waals surface area (Å²) in [7, 11) is 0. The molecule has 5 aromatic rings. The second kappa shape index (κ2) is 10.1. The molecule has 0 aliphatic rings. The van der Waals surface area contributed by atoms with E-state index in [0.717, 1.165) is 38.2 Å². The zero-order valence-corrected chi connectivity index (χ0v) is 21.8. The number of fused-ring (bicyclic) bond motifs is 1. The van der Waals surface area contributed by atoms with E-state index in [9.17, 15) is 9.18 Å². The third kappa shape index (κ3) is 5.24. The number of nitrogens with zero attached hydrogens (tertiary/aromatic N) is 3. The number of ether oxygens (including phenoxy) is 1. The van der Waals surface area contributed by atoms with Gasteiger partial charge < -0.3 is 10.1 Å². The van der Waals surface area contributed by atoms with E-state index in [1.165, 1.54) is 23.5 Å². The Morgan fingerprint density at radius 1 is 1.03 bits per heavy atom. The van der Waals surface area contributed by atoms with Crippen LogP contribution >= 0.6 is 11.3 Å². The van der Waals surface area contributed by atoms with Crippen LogP contribution in [0.25, 0.3) is 16.6 Å². The van der Waals surface area contributed by atoms with Crippen molar-refractivity contribution >= 4 is 28.1 Å². The van der Waals surface area contributed by atoms with E-state index in [-0.39, 0.29) is 17.8 Å². The summed E-state index contributed by atoms with van der Waals surface area (Å²) >= 11 is 1.36. The van der Waals surface area contributed by atoms with Crippen LogP contribution < -0.4 is 10.1 Å².